The Morgan fingerprint density at radius 1 is 0.952 bits per heavy atom. The van der Waals surface area contributed by atoms with E-state index < -0.39 is 33.2 Å². The third kappa shape index (κ3) is 4.75. The van der Waals surface area contributed by atoms with Gasteiger partial charge < -0.3 is 10.2 Å². The van der Waals surface area contributed by atoms with Gasteiger partial charge in [-0.3, -0.25) is 13.9 Å². The molecule has 1 spiro atoms. The maximum atomic E-state index is 14.3. The number of sulfonamides is 1. The molecule has 2 fully saturated rings. The fourth-order valence-electron chi connectivity index (χ4n) is 6.53. The number of nitrogens with one attached hydrogen (secondary N) is 1. The SMILES string of the molecule is CC(=O)N1CCC2(CC1)c1c(ccc(C(=O)Nc3cccc(Cl)c3Cl)c1Cl)N(S(=O)(=O)c1ccc(F)cc1)C2C1CC1. The van der Waals surface area contributed by atoms with E-state index in [4.69, 9.17) is 34.8 Å². The second-order valence-electron chi connectivity index (χ2n) is 11.1. The van der Waals surface area contributed by atoms with E-state index >= 15 is 0 Å². The van der Waals surface area contributed by atoms with E-state index in [0.717, 1.165) is 25.0 Å². The summed E-state index contributed by atoms with van der Waals surface area (Å²) in [5.41, 5.74) is 0.716. The third-order valence-electron chi connectivity index (χ3n) is 8.66. The fourth-order valence-corrected chi connectivity index (χ4v) is 9.10. The van der Waals surface area contributed by atoms with Crippen LogP contribution in [0.2, 0.25) is 15.1 Å². The Morgan fingerprint density at radius 2 is 1.62 bits per heavy atom. The number of nitrogens with zero attached hydrogens (tertiary/aromatic N) is 2. The highest BCUT2D eigenvalue weighted by atomic mass is 35.5. The van der Waals surface area contributed by atoms with E-state index in [1.807, 2.05) is 0 Å². The Morgan fingerprint density at radius 3 is 2.24 bits per heavy atom. The van der Waals surface area contributed by atoms with Gasteiger partial charge in [0.15, 0.2) is 0 Å². The molecule has 1 N–H and O–H groups in total. The van der Waals surface area contributed by atoms with Crippen molar-refractivity contribution < 1.29 is 22.4 Å². The van der Waals surface area contributed by atoms with E-state index in [9.17, 15) is 22.4 Å². The minimum absolute atomic E-state index is 0.0349. The van der Waals surface area contributed by atoms with Gasteiger partial charge in [0.2, 0.25) is 5.91 Å². The summed E-state index contributed by atoms with van der Waals surface area (Å²) < 4.78 is 43.8. The first-order chi connectivity index (χ1) is 20.0. The average Bonchev–Trinajstić information content (AvgIpc) is 3.75. The molecule has 220 valence electrons. The molecule has 1 atom stereocenters. The topological polar surface area (TPSA) is 86.8 Å². The number of hydrogen-bond acceptors (Lipinski definition) is 4. The number of fused-ring (bicyclic) bond motifs is 2. The zero-order valence-corrected chi connectivity index (χ0v) is 25.6. The number of likely N-dealkylation sites (tertiary alicyclic amines) is 1. The lowest BCUT2D eigenvalue weighted by Crippen LogP contribution is -2.54. The Bertz CT molecular complexity index is 1710. The number of carbonyl (C=O) groups excluding carboxylic acids is 2. The van der Waals surface area contributed by atoms with Crippen molar-refractivity contribution in [1.82, 2.24) is 4.90 Å². The molecule has 42 heavy (non-hydrogen) atoms. The van der Waals surface area contributed by atoms with Crippen molar-refractivity contribution >= 4 is 68.0 Å². The van der Waals surface area contributed by atoms with Crippen LogP contribution in [0.25, 0.3) is 0 Å². The summed E-state index contributed by atoms with van der Waals surface area (Å²) in [6.45, 7) is 2.36. The van der Waals surface area contributed by atoms with E-state index in [1.165, 1.54) is 29.4 Å². The van der Waals surface area contributed by atoms with Gasteiger partial charge in [-0.2, -0.15) is 0 Å². The second kappa shape index (κ2) is 10.7. The number of benzene rings is 3. The standard InChI is InChI=1S/C30H27Cl3FN3O4S/c1-17(38)36-15-13-30(14-16-36)25-24(12-11-21(26(25)32)29(39)35-23-4-2-3-22(31)27(23)33)37(28(30)18-5-6-18)42(40,41)20-9-7-19(34)8-10-20/h2-4,7-12,18,28H,5-6,13-16H2,1H3,(H,35,39). The van der Waals surface area contributed by atoms with Crippen LogP contribution in [0, 0.1) is 11.7 Å². The molecular formula is C30H27Cl3FN3O4S. The molecule has 3 aromatic rings. The summed E-state index contributed by atoms with van der Waals surface area (Å²) in [4.78, 5) is 27.5. The number of anilines is 2. The molecule has 12 heteroatoms. The summed E-state index contributed by atoms with van der Waals surface area (Å²) in [6, 6.07) is 12.3. The molecule has 0 bridgehead atoms. The van der Waals surface area contributed by atoms with Crippen LogP contribution >= 0.6 is 34.8 Å². The number of rotatable bonds is 5. The van der Waals surface area contributed by atoms with Crippen molar-refractivity contribution in [3.8, 4) is 0 Å². The number of halogens is 4. The van der Waals surface area contributed by atoms with Crippen molar-refractivity contribution in [2.24, 2.45) is 5.92 Å². The predicted octanol–water partition coefficient (Wildman–Crippen LogP) is 6.91. The minimum Gasteiger partial charge on any atom is -0.343 e. The highest BCUT2D eigenvalue weighted by Gasteiger charge is 2.61. The van der Waals surface area contributed by atoms with Crippen molar-refractivity contribution in [1.29, 1.82) is 0 Å². The van der Waals surface area contributed by atoms with Crippen LogP contribution in [0.1, 0.15) is 48.5 Å². The quantitative estimate of drug-likeness (QED) is 0.325. The van der Waals surface area contributed by atoms with Gasteiger partial charge in [0, 0.05) is 31.0 Å². The Hall–Kier alpha value is -2.85. The molecule has 2 aliphatic heterocycles. The lowest BCUT2D eigenvalue weighted by atomic mass is 9.68. The number of carbonyl (C=O) groups is 2. The first-order valence-corrected chi connectivity index (χ1v) is 16.2. The molecule has 1 saturated heterocycles. The van der Waals surface area contributed by atoms with Gasteiger partial charge in [0.25, 0.3) is 15.9 Å². The zero-order valence-electron chi connectivity index (χ0n) is 22.5. The normalized spacial score (nSPS) is 19.6. The molecule has 2 amide bonds. The second-order valence-corrected chi connectivity index (χ2v) is 14.1. The van der Waals surface area contributed by atoms with Crippen LogP contribution in [-0.4, -0.2) is 44.3 Å². The molecule has 0 aromatic heterocycles. The minimum atomic E-state index is -4.14. The van der Waals surface area contributed by atoms with Gasteiger partial charge in [0.05, 0.1) is 42.9 Å². The molecule has 3 aliphatic rings. The lowest BCUT2D eigenvalue weighted by Gasteiger charge is -2.45. The van der Waals surface area contributed by atoms with Crippen LogP contribution in [0.15, 0.2) is 59.5 Å². The van der Waals surface area contributed by atoms with Crippen LogP contribution in [0.3, 0.4) is 0 Å². The summed E-state index contributed by atoms with van der Waals surface area (Å²) in [5.74, 6) is -1.05. The van der Waals surface area contributed by atoms with Gasteiger partial charge in [0.1, 0.15) is 5.82 Å². The monoisotopic (exact) mass is 649 g/mol. The zero-order chi connectivity index (χ0) is 30.0. The Labute approximate surface area is 258 Å². The number of hydrogen-bond donors (Lipinski definition) is 1. The van der Waals surface area contributed by atoms with Crippen molar-refractivity contribution in [2.75, 3.05) is 22.7 Å². The van der Waals surface area contributed by atoms with E-state index in [2.05, 4.69) is 5.32 Å². The Kier molecular flexibility index (Phi) is 7.45. The molecule has 7 nitrogen and oxygen atoms in total. The lowest BCUT2D eigenvalue weighted by molar-refractivity contribution is -0.130. The first kappa shape index (κ1) is 29.2. The van der Waals surface area contributed by atoms with Gasteiger partial charge >= 0.3 is 0 Å². The van der Waals surface area contributed by atoms with Crippen LogP contribution in [0.4, 0.5) is 15.8 Å². The average molecular weight is 651 g/mol. The van der Waals surface area contributed by atoms with E-state index in [0.29, 0.717) is 42.9 Å². The third-order valence-corrected chi connectivity index (χ3v) is 11.7. The van der Waals surface area contributed by atoms with E-state index in [1.54, 1.807) is 29.2 Å². The number of amides is 2. The number of piperidine rings is 1. The highest BCUT2D eigenvalue weighted by Crippen LogP contribution is 2.61. The molecule has 1 unspecified atom stereocenters. The van der Waals surface area contributed by atoms with Gasteiger partial charge in [-0.05, 0) is 80.1 Å². The molecule has 0 radical (unpaired) electrons. The molecular weight excluding hydrogens is 624 g/mol. The van der Waals surface area contributed by atoms with Crippen LogP contribution < -0.4 is 9.62 Å². The summed E-state index contributed by atoms with van der Waals surface area (Å²) in [6.07, 6.45) is 2.62. The molecule has 1 aliphatic carbocycles. The Balaban J connectivity index is 1.50. The van der Waals surface area contributed by atoms with Crippen LogP contribution in [-0.2, 0) is 20.2 Å². The summed E-state index contributed by atoms with van der Waals surface area (Å²) in [7, 11) is -4.14. The smallest absolute Gasteiger partial charge is 0.264 e. The molecule has 1 saturated carbocycles. The predicted molar refractivity (Wildman–Crippen MR) is 162 cm³/mol. The fraction of sp³-hybridized carbons (Fsp3) is 0.333. The largest absolute Gasteiger partial charge is 0.343 e. The van der Waals surface area contributed by atoms with Gasteiger partial charge in [-0.1, -0.05) is 40.9 Å². The first-order valence-electron chi connectivity index (χ1n) is 13.6. The van der Waals surface area contributed by atoms with Gasteiger partial charge in [-0.25, -0.2) is 12.8 Å². The maximum Gasteiger partial charge on any atom is 0.264 e. The van der Waals surface area contributed by atoms with Crippen molar-refractivity contribution in [2.45, 2.75) is 49.0 Å². The van der Waals surface area contributed by atoms with Gasteiger partial charge in [-0.15, -0.1) is 0 Å². The molecule has 6 rings (SSSR count). The summed E-state index contributed by atoms with van der Waals surface area (Å²) >= 11 is 19.5. The van der Waals surface area contributed by atoms with E-state index in [-0.39, 0.29) is 37.4 Å². The highest BCUT2D eigenvalue weighted by molar-refractivity contribution is 7.93. The summed E-state index contributed by atoms with van der Waals surface area (Å²) in [5, 5.41) is 3.39. The van der Waals surface area contributed by atoms with Crippen molar-refractivity contribution in [3.63, 3.8) is 0 Å². The van der Waals surface area contributed by atoms with Crippen LogP contribution in [0.5, 0.6) is 0 Å². The maximum absolute atomic E-state index is 14.3. The van der Waals surface area contributed by atoms with Crippen molar-refractivity contribution in [3.05, 3.63) is 86.6 Å². The molecule has 2 heterocycles. The molecule has 3 aromatic carbocycles.